The Kier molecular flexibility index (Phi) is 6.30. The second kappa shape index (κ2) is 8.41. The van der Waals surface area contributed by atoms with Crippen LogP contribution in [0.2, 0.25) is 15.1 Å². The Morgan fingerprint density at radius 1 is 0.552 bits per heavy atom. The van der Waals surface area contributed by atoms with Crippen LogP contribution in [-0.2, 0) is 20.0 Å². The maximum Gasteiger partial charge on any atom is 0.261 e. The van der Waals surface area contributed by atoms with E-state index in [0.717, 1.165) is 0 Å². The molecule has 2 N–H and O–H groups in total. The van der Waals surface area contributed by atoms with Crippen molar-refractivity contribution < 1.29 is 16.8 Å². The van der Waals surface area contributed by atoms with Crippen molar-refractivity contribution in [1.29, 1.82) is 0 Å². The highest BCUT2D eigenvalue weighted by molar-refractivity contribution is 7.93. The fourth-order valence-electron chi connectivity index (χ4n) is 2.30. The minimum Gasteiger partial charge on any atom is -0.280 e. The first-order valence-electron chi connectivity index (χ1n) is 7.93. The third-order valence-electron chi connectivity index (χ3n) is 3.71. The molecule has 6 nitrogen and oxygen atoms in total. The molecule has 3 aromatic carbocycles. The summed E-state index contributed by atoms with van der Waals surface area (Å²) in [6.07, 6.45) is 0. The molecule has 0 unspecified atom stereocenters. The summed E-state index contributed by atoms with van der Waals surface area (Å²) >= 11 is 17.5. The highest BCUT2D eigenvalue weighted by Gasteiger charge is 2.17. The first-order chi connectivity index (χ1) is 13.6. The first-order valence-corrected chi connectivity index (χ1v) is 12.0. The van der Waals surface area contributed by atoms with Crippen molar-refractivity contribution in [2.24, 2.45) is 0 Å². The average molecular weight is 492 g/mol. The second-order valence-electron chi connectivity index (χ2n) is 5.82. The van der Waals surface area contributed by atoms with Crippen molar-refractivity contribution in [2.45, 2.75) is 9.79 Å². The van der Waals surface area contributed by atoms with Gasteiger partial charge in [0.15, 0.2) is 0 Å². The van der Waals surface area contributed by atoms with Gasteiger partial charge in [-0.2, -0.15) is 0 Å². The van der Waals surface area contributed by atoms with Crippen LogP contribution in [0, 0.1) is 0 Å². The lowest BCUT2D eigenvalue weighted by atomic mass is 10.3. The van der Waals surface area contributed by atoms with E-state index in [1.165, 1.54) is 66.7 Å². The van der Waals surface area contributed by atoms with Crippen molar-refractivity contribution in [1.82, 2.24) is 0 Å². The predicted molar refractivity (Wildman–Crippen MR) is 116 cm³/mol. The summed E-state index contributed by atoms with van der Waals surface area (Å²) < 4.78 is 54.6. The highest BCUT2D eigenvalue weighted by atomic mass is 35.5. The molecule has 0 saturated heterocycles. The van der Waals surface area contributed by atoms with E-state index in [4.69, 9.17) is 34.8 Å². The van der Waals surface area contributed by atoms with E-state index in [9.17, 15) is 16.8 Å². The summed E-state index contributed by atoms with van der Waals surface area (Å²) in [5.41, 5.74) is 0.445. The molecular weight excluding hydrogens is 479 g/mol. The summed E-state index contributed by atoms with van der Waals surface area (Å²) in [5.74, 6) is 0. The summed E-state index contributed by atoms with van der Waals surface area (Å²) in [6, 6.07) is 15.2. The number of hydrogen-bond acceptors (Lipinski definition) is 4. The van der Waals surface area contributed by atoms with Crippen molar-refractivity contribution in [3.63, 3.8) is 0 Å². The largest absolute Gasteiger partial charge is 0.280 e. The summed E-state index contributed by atoms with van der Waals surface area (Å²) in [4.78, 5) is -0.0297. The second-order valence-corrected chi connectivity index (χ2v) is 10.4. The third kappa shape index (κ3) is 5.34. The van der Waals surface area contributed by atoms with Gasteiger partial charge in [-0.1, -0.05) is 34.8 Å². The topological polar surface area (TPSA) is 92.3 Å². The van der Waals surface area contributed by atoms with E-state index in [2.05, 4.69) is 9.44 Å². The number of halogens is 3. The number of hydrogen-bond donors (Lipinski definition) is 2. The van der Waals surface area contributed by atoms with E-state index >= 15 is 0 Å². The highest BCUT2D eigenvalue weighted by Crippen LogP contribution is 2.27. The van der Waals surface area contributed by atoms with Crippen LogP contribution in [0.1, 0.15) is 0 Å². The molecular formula is C18H13Cl3N2O4S2. The molecule has 0 aliphatic rings. The fourth-order valence-corrected chi connectivity index (χ4v) is 4.84. The molecule has 0 amide bonds. The van der Waals surface area contributed by atoms with Gasteiger partial charge in [-0.15, -0.1) is 0 Å². The SMILES string of the molecule is O=S(=O)(Nc1ccc(S(=O)(=O)Nc2ccc(Cl)c(Cl)c2)cc1)c1ccc(Cl)cc1. The lowest BCUT2D eigenvalue weighted by molar-refractivity contribution is 0.600. The Hall–Kier alpha value is -1.97. The first kappa shape index (κ1) is 21.7. The number of benzene rings is 3. The molecule has 0 fully saturated rings. The lowest BCUT2D eigenvalue weighted by Gasteiger charge is -2.11. The lowest BCUT2D eigenvalue weighted by Crippen LogP contribution is -2.14. The van der Waals surface area contributed by atoms with E-state index in [0.29, 0.717) is 10.0 Å². The molecule has 3 rings (SSSR count). The number of anilines is 2. The molecule has 0 atom stereocenters. The molecule has 0 aromatic heterocycles. The number of nitrogens with one attached hydrogen (secondary N) is 2. The van der Waals surface area contributed by atoms with Crippen LogP contribution >= 0.6 is 34.8 Å². The van der Waals surface area contributed by atoms with Gasteiger partial charge in [-0.25, -0.2) is 16.8 Å². The monoisotopic (exact) mass is 490 g/mol. The third-order valence-corrected chi connectivity index (χ3v) is 7.50. The van der Waals surface area contributed by atoms with Gasteiger partial charge in [0, 0.05) is 10.7 Å². The maximum atomic E-state index is 12.5. The van der Waals surface area contributed by atoms with Crippen LogP contribution in [0.25, 0.3) is 0 Å². The van der Waals surface area contributed by atoms with Crippen molar-refractivity contribution in [3.8, 4) is 0 Å². The summed E-state index contributed by atoms with van der Waals surface area (Å²) in [5, 5.41) is 0.916. The molecule has 0 heterocycles. The van der Waals surface area contributed by atoms with E-state index < -0.39 is 20.0 Å². The normalized spacial score (nSPS) is 11.8. The van der Waals surface area contributed by atoms with Crippen molar-refractivity contribution in [3.05, 3.63) is 81.8 Å². The molecule has 0 bridgehead atoms. The smallest absolute Gasteiger partial charge is 0.261 e. The van der Waals surface area contributed by atoms with Gasteiger partial charge in [0.1, 0.15) is 0 Å². The van der Waals surface area contributed by atoms with Gasteiger partial charge in [0.25, 0.3) is 20.0 Å². The zero-order valence-corrected chi connectivity index (χ0v) is 18.3. The fraction of sp³-hybridized carbons (Fsp3) is 0. The van der Waals surface area contributed by atoms with Crippen molar-refractivity contribution in [2.75, 3.05) is 9.44 Å². The van der Waals surface area contributed by atoms with Crippen molar-refractivity contribution >= 4 is 66.2 Å². The van der Waals surface area contributed by atoms with Crippen LogP contribution < -0.4 is 9.44 Å². The number of rotatable bonds is 6. The quantitative estimate of drug-likeness (QED) is 0.493. The van der Waals surface area contributed by atoms with Gasteiger partial charge in [0.05, 0.1) is 25.5 Å². The molecule has 0 radical (unpaired) electrons. The Bertz CT molecular complexity index is 1250. The van der Waals surface area contributed by atoms with Crippen LogP contribution in [-0.4, -0.2) is 16.8 Å². The minimum atomic E-state index is -3.90. The average Bonchev–Trinajstić information content (AvgIpc) is 2.65. The van der Waals surface area contributed by atoms with E-state index in [-0.39, 0.29) is 26.2 Å². The van der Waals surface area contributed by atoms with Crippen LogP contribution in [0.5, 0.6) is 0 Å². The Morgan fingerprint density at radius 3 is 1.52 bits per heavy atom. The molecule has 0 saturated carbocycles. The summed E-state index contributed by atoms with van der Waals surface area (Å²) in [6.45, 7) is 0. The van der Waals surface area contributed by atoms with Crippen LogP contribution in [0.4, 0.5) is 11.4 Å². The van der Waals surface area contributed by atoms with E-state index in [1.807, 2.05) is 0 Å². The van der Waals surface area contributed by atoms with Crippen LogP contribution in [0.15, 0.2) is 76.5 Å². The van der Waals surface area contributed by atoms with Gasteiger partial charge in [0.2, 0.25) is 0 Å². The summed E-state index contributed by atoms with van der Waals surface area (Å²) in [7, 11) is -7.74. The predicted octanol–water partition coefficient (Wildman–Crippen LogP) is 5.25. The van der Waals surface area contributed by atoms with Gasteiger partial charge < -0.3 is 0 Å². The molecule has 152 valence electrons. The Morgan fingerprint density at radius 2 is 1.00 bits per heavy atom. The zero-order chi connectivity index (χ0) is 21.2. The molecule has 0 aliphatic heterocycles. The van der Waals surface area contributed by atoms with Gasteiger partial charge in [-0.05, 0) is 66.7 Å². The van der Waals surface area contributed by atoms with Gasteiger partial charge >= 0.3 is 0 Å². The maximum absolute atomic E-state index is 12.5. The molecule has 0 aliphatic carbocycles. The zero-order valence-electron chi connectivity index (χ0n) is 14.4. The van der Waals surface area contributed by atoms with E-state index in [1.54, 1.807) is 0 Å². The Labute approximate surface area is 183 Å². The molecule has 11 heteroatoms. The number of sulfonamides is 2. The standard InChI is InChI=1S/C18H13Cl3N2O4S2/c19-12-1-6-15(7-2-12)28(24,25)22-13-3-8-16(9-4-13)29(26,27)23-14-5-10-17(20)18(21)11-14/h1-11,22-23H. The van der Waals surface area contributed by atoms with Crippen LogP contribution in [0.3, 0.4) is 0 Å². The Balaban J connectivity index is 1.78. The molecule has 0 spiro atoms. The molecule has 3 aromatic rings. The van der Waals surface area contributed by atoms with Gasteiger partial charge in [-0.3, -0.25) is 9.44 Å². The minimum absolute atomic E-state index is 0.0277. The molecule has 29 heavy (non-hydrogen) atoms.